The Kier molecular flexibility index (Phi) is 3.25. The molecule has 1 aromatic carbocycles. The number of para-hydroxylation sites is 1. The zero-order chi connectivity index (χ0) is 13.2. The van der Waals surface area contributed by atoms with E-state index in [1.807, 2.05) is 30.5 Å². The number of nitrogens with one attached hydrogen (secondary N) is 2. The molecular weight excluding hydrogens is 232 g/mol. The van der Waals surface area contributed by atoms with Gasteiger partial charge in [0.2, 0.25) is 0 Å². The Morgan fingerprint density at radius 1 is 1.44 bits per heavy atom. The summed E-state index contributed by atoms with van der Waals surface area (Å²) < 4.78 is 0. The number of amides is 1. The number of aliphatic hydroxyl groups excluding tert-OH is 1. The first-order chi connectivity index (χ1) is 8.54. The summed E-state index contributed by atoms with van der Waals surface area (Å²) in [5.41, 5.74) is 1.11. The molecule has 0 spiro atoms. The Labute approximate surface area is 104 Å². The summed E-state index contributed by atoms with van der Waals surface area (Å²) in [6.45, 7) is 1.43. The van der Waals surface area contributed by atoms with Crippen LogP contribution < -0.4 is 5.32 Å². The van der Waals surface area contributed by atoms with Crippen molar-refractivity contribution in [2.24, 2.45) is 0 Å². The van der Waals surface area contributed by atoms with E-state index in [0.29, 0.717) is 6.42 Å². The maximum Gasteiger partial charge on any atom is 0.405 e. The first-order valence-electron chi connectivity index (χ1n) is 5.71. The van der Waals surface area contributed by atoms with E-state index in [-0.39, 0.29) is 6.61 Å². The van der Waals surface area contributed by atoms with Crippen LogP contribution in [0.25, 0.3) is 10.9 Å². The number of rotatable bonds is 4. The van der Waals surface area contributed by atoms with E-state index in [9.17, 15) is 9.90 Å². The molecule has 2 aromatic rings. The Morgan fingerprint density at radius 2 is 2.17 bits per heavy atom. The van der Waals surface area contributed by atoms with E-state index in [2.05, 4.69) is 10.3 Å². The van der Waals surface area contributed by atoms with E-state index in [1.165, 1.54) is 0 Å². The van der Waals surface area contributed by atoms with Gasteiger partial charge in [-0.05, 0) is 25.0 Å². The van der Waals surface area contributed by atoms with Gasteiger partial charge in [0.25, 0.3) is 0 Å². The first kappa shape index (κ1) is 12.4. The zero-order valence-electron chi connectivity index (χ0n) is 10.1. The summed E-state index contributed by atoms with van der Waals surface area (Å²) in [4.78, 5) is 13.9. The van der Waals surface area contributed by atoms with Crippen molar-refractivity contribution < 1.29 is 15.0 Å². The Morgan fingerprint density at radius 3 is 2.83 bits per heavy atom. The Hall–Kier alpha value is -2.01. The van der Waals surface area contributed by atoms with E-state index < -0.39 is 11.6 Å². The number of aromatic amines is 1. The van der Waals surface area contributed by atoms with Crippen molar-refractivity contribution in [2.45, 2.75) is 18.9 Å². The molecule has 0 radical (unpaired) electrons. The minimum absolute atomic E-state index is 0.251. The summed E-state index contributed by atoms with van der Waals surface area (Å²) in [5, 5.41) is 21.6. The van der Waals surface area contributed by atoms with Gasteiger partial charge in [0, 0.05) is 17.1 Å². The second kappa shape index (κ2) is 4.70. The fraction of sp³-hybridized carbons (Fsp3) is 0.308. The lowest BCUT2D eigenvalue weighted by Gasteiger charge is -2.26. The average molecular weight is 248 g/mol. The second-order valence-electron chi connectivity index (χ2n) is 4.69. The standard InChI is InChI=1S/C13H16N2O3/c1-13(8-16,15-12(17)18)6-9-7-14-11-5-3-2-4-10(9)11/h2-5,7,14-16H,6,8H2,1H3,(H,17,18). The minimum atomic E-state index is -1.13. The topological polar surface area (TPSA) is 85.4 Å². The third kappa shape index (κ3) is 2.46. The van der Waals surface area contributed by atoms with Crippen LogP contribution >= 0.6 is 0 Å². The molecule has 4 N–H and O–H groups in total. The van der Waals surface area contributed by atoms with Crippen molar-refractivity contribution in [1.82, 2.24) is 10.3 Å². The largest absolute Gasteiger partial charge is 0.465 e. The molecule has 1 atom stereocenters. The number of fused-ring (bicyclic) bond motifs is 1. The summed E-state index contributed by atoms with van der Waals surface area (Å²) in [7, 11) is 0. The van der Waals surface area contributed by atoms with Gasteiger partial charge in [-0.25, -0.2) is 4.79 Å². The first-order valence-corrected chi connectivity index (χ1v) is 5.71. The smallest absolute Gasteiger partial charge is 0.405 e. The second-order valence-corrected chi connectivity index (χ2v) is 4.69. The maximum absolute atomic E-state index is 10.7. The number of carbonyl (C=O) groups is 1. The van der Waals surface area contributed by atoms with Crippen LogP contribution in [-0.4, -0.2) is 33.4 Å². The number of benzene rings is 1. The molecule has 5 nitrogen and oxygen atoms in total. The predicted octanol–water partition coefficient (Wildman–Crippen LogP) is 1.73. The van der Waals surface area contributed by atoms with Gasteiger partial charge in [-0.1, -0.05) is 18.2 Å². The van der Waals surface area contributed by atoms with Gasteiger partial charge in [-0.2, -0.15) is 0 Å². The molecule has 1 amide bonds. The van der Waals surface area contributed by atoms with Gasteiger partial charge in [0.05, 0.1) is 12.1 Å². The fourth-order valence-electron chi connectivity index (χ4n) is 2.10. The molecule has 1 heterocycles. The molecule has 0 aliphatic heterocycles. The van der Waals surface area contributed by atoms with Crippen molar-refractivity contribution in [2.75, 3.05) is 6.61 Å². The lowest BCUT2D eigenvalue weighted by molar-refractivity contribution is 0.146. The molecule has 0 fully saturated rings. The molecule has 5 heteroatoms. The van der Waals surface area contributed by atoms with Gasteiger partial charge < -0.3 is 20.5 Å². The summed E-state index contributed by atoms with van der Waals surface area (Å²) in [5.74, 6) is 0. The van der Waals surface area contributed by atoms with E-state index in [4.69, 9.17) is 5.11 Å². The van der Waals surface area contributed by atoms with Crippen LogP contribution in [0.2, 0.25) is 0 Å². The molecule has 1 unspecified atom stereocenters. The number of hydrogen-bond acceptors (Lipinski definition) is 2. The summed E-state index contributed by atoms with van der Waals surface area (Å²) in [6.07, 6.45) is 1.15. The fourth-order valence-corrected chi connectivity index (χ4v) is 2.10. The third-order valence-corrected chi connectivity index (χ3v) is 3.01. The predicted molar refractivity (Wildman–Crippen MR) is 68.7 cm³/mol. The molecule has 0 aliphatic rings. The van der Waals surface area contributed by atoms with Gasteiger partial charge in [-0.15, -0.1) is 0 Å². The van der Waals surface area contributed by atoms with E-state index in [0.717, 1.165) is 16.5 Å². The van der Waals surface area contributed by atoms with Crippen LogP contribution in [0.4, 0.5) is 4.79 Å². The lowest BCUT2D eigenvalue weighted by Crippen LogP contribution is -2.50. The van der Waals surface area contributed by atoms with Crippen molar-refractivity contribution in [1.29, 1.82) is 0 Å². The summed E-state index contributed by atoms with van der Waals surface area (Å²) >= 11 is 0. The third-order valence-electron chi connectivity index (χ3n) is 3.01. The Balaban J connectivity index is 2.29. The molecule has 0 saturated carbocycles. The minimum Gasteiger partial charge on any atom is -0.465 e. The van der Waals surface area contributed by atoms with Gasteiger partial charge in [-0.3, -0.25) is 0 Å². The number of hydrogen-bond donors (Lipinski definition) is 4. The normalized spacial score (nSPS) is 14.3. The highest BCUT2D eigenvalue weighted by molar-refractivity contribution is 5.83. The van der Waals surface area contributed by atoms with Crippen LogP contribution in [0, 0.1) is 0 Å². The molecular formula is C13H16N2O3. The quantitative estimate of drug-likeness (QED) is 0.664. The highest BCUT2D eigenvalue weighted by Crippen LogP contribution is 2.22. The number of H-pyrrole nitrogens is 1. The van der Waals surface area contributed by atoms with Crippen LogP contribution in [0.1, 0.15) is 12.5 Å². The van der Waals surface area contributed by atoms with Crippen molar-refractivity contribution in [3.8, 4) is 0 Å². The van der Waals surface area contributed by atoms with Crippen molar-refractivity contribution in [3.63, 3.8) is 0 Å². The highest BCUT2D eigenvalue weighted by atomic mass is 16.4. The number of aromatic nitrogens is 1. The van der Waals surface area contributed by atoms with E-state index >= 15 is 0 Å². The van der Waals surface area contributed by atoms with Crippen LogP contribution in [0.15, 0.2) is 30.5 Å². The van der Waals surface area contributed by atoms with E-state index in [1.54, 1.807) is 6.92 Å². The molecule has 96 valence electrons. The Bertz CT molecular complexity index is 564. The monoisotopic (exact) mass is 248 g/mol. The maximum atomic E-state index is 10.7. The average Bonchev–Trinajstić information content (AvgIpc) is 2.72. The number of carboxylic acid groups (broad SMARTS) is 1. The molecule has 0 saturated heterocycles. The van der Waals surface area contributed by atoms with Crippen LogP contribution in [0.5, 0.6) is 0 Å². The molecule has 18 heavy (non-hydrogen) atoms. The van der Waals surface area contributed by atoms with Crippen molar-refractivity contribution in [3.05, 3.63) is 36.0 Å². The van der Waals surface area contributed by atoms with Gasteiger partial charge in [0.1, 0.15) is 0 Å². The lowest BCUT2D eigenvalue weighted by atomic mass is 9.93. The van der Waals surface area contributed by atoms with Gasteiger partial charge in [0.15, 0.2) is 0 Å². The molecule has 0 bridgehead atoms. The molecule has 2 rings (SSSR count). The number of aliphatic hydroxyl groups is 1. The van der Waals surface area contributed by atoms with Crippen molar-refractivity contribution >= 4 is 17.0 Å². The molecule has 1 aromatic heterocycles. The SMILES string of the molecule is CC(CO)(Cc1c[nH]c2ccccc12)NC(=O)O. The van der Waals surface area contributed by atoms with Gasteiger partial charge >= 0.3 is 6.09 Å². The van der Waals surface area contributed by atoms with Crippen LogP contribution in [-0.2, 0) is 6.42 Å². The molecule has 0 aliphatic carbocycles. The summed E-state index contributed by atoms with van der Waals surface area (Å²) in [6, 6.07) is 7.80. The van der Waals surface area contributed by atoms with Crippen LogP contribution in [0.3, 0.4) is 0 Å². The zero-order valence-corrected chi connectivity index (χ0v) is 10.1. The highest BCUT2D eigenvalue weighted by Gasteiger charge is 2.26.